The Morgan fingerprint density at radius 3 is 2.54 bits per heavy atom. The summed E-state index contributed by atoms with van der Waals surface area (Å²) in [6.07, 6.45) is 8.74. The van der Waals surface area contributed by atoms with Gasteiger partial charge in [0.25, 0.3) is 5.91 Å². The van der Waals surface area contributed by atoms with Gasteiger partial charge in [0.1, 0.15) is 6.04 Å². The van der Waals surface area contributed by atoms with E-state index in [1.54, 1.807) is 33.7 Å². The van der Waals surface area contributed by atoms with Crippen LogP contribution in [-0.2, 0) is 19.1 Å². The number of hydrogen-bond acceptors (Lipinski definition) is 6. The van der Waals surface area contributed by atoms with E-state index in [-0.39, 0.29) is 41.1 Å². The van der Waals surface area contributed by atoms with Crippen LogP contribution in [0.15, 0.2) is 43.5 Å². The fourth-order valence-corrected chi connectivity index (χ4v) is 10.6. The van der Waals surface area contributed by atoms with E-state index in [1.807, 2.05) is 32.0 Å². The van der Waals surface area contributed by atoms with Gasteiger partial charge in [-0.15, -0.1) is 24.9 Å². The lowest BCUT2D eigenvalue weighted by atomic mass is 9.71. The Labute approximate surface area is 256 Å². The minimum Gasteiger partial charge on any atom is -0.465 e. The SMILES string of the molecule is C=CCCCOC(=O)[C@H]1[C@@H]2SC3(CC2Br)C(C(=O)N(CC=C)c2c(C)cccc2C)N(CCCCCCO)C(=O)[C@H]13. The number of amides is 2. The molecule has 41 heavy (non-hydrogen) atoms. The number of aryl methyl sites for hydroxylation is 2. The molecular weight excluding hydrogens is 604 g/mol. The number of carbonyl (C=O) groups is 3. The van der Waals surface area contributed by atoms with Crippen molar-refractivity contribution in [3.63, 3.8) is 0 Å². The van der Waals surface area contributed by atoms with E-state index in [4.69, 9.17) is 4.74 Å². The molecule has 4 rings (SSSR count). The van der Waals surface area contributed by atoms with Gasteiger partial charge in [-0.05, 0) is 57.1 Å². The summed E-state index contributed by atoms with van der Waals surface area (Å²) in [5.41, 5.74) is 2.81. The van der Waals surface area contributed by atoms with Gasteiger partial charge in [-0.25, -0.2) is 0 Å². The van der Waals surface area contributed by atoms with Gasteiger partial charge in [0, 0.05) is 35.5 Å². The smallest absolute Gasteiger partial charge is 0.310 e. The predicted octanol–water partition coefficient (Wildman–Crippen LogP) is 5.35. The summed E-state index contributed by atoms with van der Waals surface area (Å²) in [7, 11) is 0. The zero-order chi connectivity index (χ0) is 29.7. The molecule has 3 heterocycles. The summed E-state index contributed by atoms with van der Waals surface area (Å²) < 4.78 is 4.98. The Morgan fingerprint density at radius 1 is 1.17 bits per heavy atom. The third-order valence-electron chi connectivity index (χ3n) is 8.69. The molecule has 0 aliphatic carbocycles. The van der Waals surface area contributed by atoms with Crippen LogP contribution in [-0.4, -0.2) is 75.0 Å². The number of carbonyl (C=O) groups excluding carboxylic acids is 3. The first-order valence-corrected chi connectivity index (χ1v) is 16.5. The van der Waals surface area contributed by atoms with Gasteiger partial charge in [-0.2, -0.15) is 0 Å². The molecule has 7 nitrogen and oxygen atoms in total. The first kappa shape index (κ1) is 31.8. The van der Waals surface area contributed by atoms with E-state index in [2.05, 4.69) is 29.1 Å². The van der Waals surface area contributed by atoms with Crippen molar-refractivity contribution in [2.45, 2.75) is 79.7 Å². The van der Waals surface area contributed by atoms with Gasteiger partial charge >= 0.3 is 5.97 Å². The van der Waals surface area contributed by atoms with Gasteiger partial charge in [-0.1, -0.05) is 59.1 Å². The largest absolute Gasteiger partial charge is 0.465 e. The summed E-state index contributed by atoms with van der Waals surface area (Å²) >= 11 is 5.46. The van der Waals surface area contributed by atoms with E-state index in [1.165, 1.54) is 0 Å². The van der Waals surface area contributed by atoms with Gasteiger partial charge in [0.2, 0.25) is 5.91 Å². The van der Waals surface area contributed by atoms with Crippen molar-refractivity contribution in [1.29, 1.82) is 0 Å². The van der Waals surface area contributed by atoms with Crippen LogP contribution in [0.1, 0.15) is 56.1 Å². The van der Waals surface area contributed by atoms with E-state index >= 15 is 0 Å². The third-order valence-corrected chi connectivity index (χ3v) is 11.9. The number of unbranched alkanes of at least 4 members (excludes halogenated alkanes) is 4. The molecule has 1 N–H and O–H groups in total. The van der Waals surface area contributed by atoms with Crippen molar-refractivity contribution in [2.24, 2.45) is 11.8 Å². The molecule has 1 spiro atoms. The highest BCUT2D eigenvalue weighted by Gasteiger charge is 2.76. The summed E-state index contributed by atoms with van der Waals surface area (Å²) in [5.74, 6) is -1.79. The molecule has 9 heteroatoms. The third kappa shape index (κ3) is 6.04. The number of allylic oxidation sites excluding steroid dienone is 1. The van der Waals surface area contributed by atoms with Crippen LogP contribution in [0.2, 0.25) is 0 Å². The number of halogens is 1. The maximum atomic E-state index is 14.8. The average Bonchev–Trinajstić information content (AvgIpc) is 3.53. The quantitative estimate of drug-likeness (QED) is 0.120. The van der Waals surface area contributed by atoms with Crippen molar-refractivity contribution in [1.82, 2.24) is 4.90 Å². The van der Waals surface area contributed by atoms with E-state index in [9.17, 15) is 19.5 Å². The standard InChI is InChI=1S/C32H43BrN2O5S/c1-5-7-12-19-40-31(39)24-25-29(37)35(17-10-8-9-11-18-36)28(32(25)20-23(33)27(24)41-32)30(38)34(16-6-2)26-21(3)14-13-15-22(26)4/h5-6,13-15,23-25,27-28,36H,1-2,7-12,16-20H2,3-4H3/t23?,24-,25+,27-,28?,32?/m1/s1. The molecule has 0 aromatic heterocycles. The highest BCUT2D eigenvalue weighted by Crippen LogP contribution is 2.68. The second kappa shape index (κ2) is 13.9. The van der Waals surface area contributed by atoms with E-state index in [0.29, 0.717) is 32.4 Å². The predicted molar refractivity (Wildman–Crippen MR) is 168 cm³/mol. The second-order valence-electron chi connectivity index (χ2n) is 11.4. The Morgan fingerprint density at radius 2 is 1.88 bits per heavy atom. The number of aliphatic hydroxyl groups is 1. The molecule has 3 aliphatic heterocycles. The van der Waals surface area contributed by atoms with E-state index in [0.717, 1.165) is 42.5 Å². The fourth-order valence-electron chi connectivity index (χ4n) is 6.96. The molecular formula is C32H43BrN2O5S. The molecule has 3 saturated heterocycles. The number of aliphatic hydroxyl groups excluding tert-OH is 1. The zero-order valence-corrected chi connectivity index (χ0v) is 26.6. The molecule has 0 saturated carbocycles. The maximum Gasteiger partial charge on any atom is 0.310 e. The van der Waals surface area contributed by atoms with Gasteiger partial charge in [0.05, 0.1) is 23.2 Å². The Hall–Kier alpha value is -2.10. The minimum atomic E-state index is -0.723. The number of nitrogens with zero attached hydrogens (tertiary/aromatic N) is 2. The number of fused-ring (bicyclic) bond motifs is 1. The molecule has 3 unspecified atom stereocenters. The molecule has 2 bridgehead atoms. The molecule has 0 radical (unpaired) electrons. The maximum absolute atomic E-state index is 14.8. The molecule has 2 amide bonds. The van der Waals surface area contributed by atoms with Crippen molar-refractivity contribution in [3.8, 4) is 0 Å². The highest BCUT2D eigenvalue weighted by atomic mass is 79.9. The lowest BCUT2D eigenvalue weighted by molar-refractivity contribution is -0.154. The number of likely N-dealkylation sites (tertiary alicyclic amines) is 1. The number of anilines is 1. The van der Waals surface area contributed by atoms with Crippen LogP contribution < -0.4 is 4.90 Å². The number of benzene rings is 1. The van der Waals surface area contributed by atoms with Crippen molar-refractivity contribution >= 4 is 51.2 Å². The molecule has 1 aromatic carbocycles. The number of esters is 1. The van der Waals surface area contributed by atoms with E-state index < -0.39 is 22.6 Å². The topological polar surface area (TPSA) is 87.2 Å². The number of rotatable bonds is 15. The zero-order valence-electron chi connectivity index (χ0n) is 24.2. The molecule has 224 valence electrons. The van der Waals surface area contributed by atoms with Crippen LogP contribution in [0, 0.1) is 25.7 Å². The Balaban J connectivity index is 1.72. The average molecular weight is 648 g/mol. The number of para-hydroxylation sites is 1. The lowest BCUT2D eigenvalue weighted by Crippen LogP contribution is -2.56. The molecule has 3 fully saturated rings. The second-order valence-corrected chi connectivity index (χ2v) is 14.1. The van der Waals surface area contributed by atoms with Gasteiger partial charge in [-0.3, -0.25) is 14.4 Å². The first-order chi connectivity index (χ1) is 19.7. The number of hydrogen-bond donors (Lipinski definition) is 1. The Kier molecular flexibility index (Phi) is 10.8. The van der Waals surface area contributed by atoms with Crippen LogP contribution in [0.4, 0.5) is 5.69 Å². The number of alkyl halides is 1. The summed E-state index contributed by atoms with van der Waals surface area (Å²) in [6, 6.07) is 5.26. The molecule has 1 aromatic rings. The number of thioether (sulfide) groups is 1. The van der Waals surface area contributed by atoms with Crippen LogP contribution in [0.5, 0.6) is 0 Å². The van der Waals surface area contributed by atoms with Crippen LogP contribution in [0.3, 0.4) is 0 Å². The first-order valence-electron chi connectivity index (χ1n) is 14.7. The van der Waals surface area contributed by atoms with Crippen molar-refractivity contribution in [2.75, 3.05) is 31.2 Å². The monoisotopic (exact) mass is 646 g/mol. The van der Waals surface area contributed by atoms with Crippen LogP contribution >= 0.6 is 27.7 Å². The molecule has 6 atom stereocenters. The van der Waals surface area contributed by atoms with Gasteiger partial charge in [0.15, 0.2) is 0 Å². The molecule has 3 aliphatic rings. The lowest BCUT2D eigenvalue weighted by Gasteiger charge is -2.38. The summed E-state index contributed by atoms with van der Waals surface area (Å²) in [6.45, 7) is 12.8. The Bertz CT molecular complexity index is 1140. The van der Waals surface area contributed by atoms with Crippen molar-refractivity contribution < 1.29 is 24.2 Å². The minimum absolute atomic E-state index is 0.00451. The number of ether oxygens (including phenoxy) is 1. The summed E-state index contributed by atoms with van der Waals surface area (Å²) in [4.78, 5) is 46.1. The van der Waals surface area contributed by atoms with Crippen LogP contribution in [0.25, 0.3) is 0 Å². The van der Waals surface area contributed by atoms with Gasteiger partial charge < -0.3 is 19.6 Å². The normalized spacial score (nSPS) is 28.0. The highest BCUT2D eigenvalue weighted by molar-refractivity contribution is 9.09. The van der Waals surface area contributed by atoms with Crippen molar-refractivity contribution in [3.05, 3.63) is 54.6 Å². The summed E-state index contributed by atoms with van der Waals surface area (Å²) in [5, 5.41) is 9.06. The fraction of sp³-hybridized carbons (Fsp3) is 0.594.